The van der Waals surface area contributed by atoms with Crippen molar-refractivity contribution in [3.63, 3.8) is 0 Å². The molecule has 3 rings (SSSR count). The Kier molecular flexibility index (Phi) is 6.25. The number of aromatic nitrogens is 3. The lowest BCUT2D eigenvalue weighted by Gasteiger charge is -2.20. The maximum absolute atomic E-state index is 12.6. The molecule has 0 atom stereocenters. The Bertz CT molecular complexity index is 1100. The summed E-state index contributed by atoms with van der Waals surface area (Å²) < 4.78 is 12.5. The molecular weight excluding hydrogens is 392 g/mol. The molecule has 0 bridgehead atoms. The number of amides is 1. The first-order valence-corrected chi connectivity index (χ1v) is 10.4. The number of benzene rings is 1. The summed E-state index contributed by atoms with van der Waals surface area (Å²) >= 11 is 0. The van der Waals surface area contributed by atoms with Crippen LogP contribution in [0.2, 0.25) is 0 Å². The van der Waals surface area contributed by atoms with Gasteiger partial charge in [0.1, 0.15) is 11.5 Å². The average Bonchev–Trinajstić information content (AvgIpc) is 3.04. The van der Waals surface area contributed by atoms with Gasteiger partial charge in [0.05, 0.1) is 25.5 Å². The van der Waals surface area contributed by atoms with Crippen LogP contribution >= 0.6 is 0 Å². The minimum Gasteiger partial charge on any atom is -0.497 e. The van der Waals surface area contributed by atoms with Crippen molar-refractivity contribution < 1.29 is 14.3 Å². The molecule has 2 aromatic heterocycles. The number of nitrogens with zero attached hydrogens (tertiary/aromatic N) is 3. The number of rotatable bonds is 6. The third kappa shape index (κ3) is 4.65. The number of fused-ring (bicyclic) bond motifs is 1. The molecule has 1 N–H and O–H groups in total. The number of hydrogen-bond donors (Lipinski definition) is 1. The minimum atomic E-state index is -0.155. The Balaban J connectivity index is 1.83. The lowest BCUT2D eigenvalue weighted by Crippen LogP contribution is -2.23. The van der Waals surface area contributed by atoms with Gasteiger partial charge in [0.15, 0.2) is 5.65 Å². The number of nitrogens with one attached hydrogen (secondary N) is 1. The van der Waals surface area contributed by atoms with E-state index in [2.05, 4.69) is 33.0 Å². The van der Waals surface area contributed by atoms with Crippen molar-refractivity contribution in [2.24, 2.45) is 0 Å². The molecule has 7 heteroatoms. The first kappa shape index (κ1) is 22.6. The van der Waals surface area contributed by atoms with Gasteiger partial charge in [-0.1, -0.05) is 0 Å². The highest BCUT2D eigenvalue weighted by atomic mass is 16.5. The van der Waals surface area contributed by atoms with Crippen LogP contribution in [0.15, 0.2) is 18.2 Å². The van der Waals surface area contributed by atoms with E-state index in [0.29, 0.717) is 30.0 Å². The van der Waals surface area contributed by atoms with Crippen molar-refractivity contribution in [2.75, 3.05) is 19.5 Å². The van der Waals surface area contributed by atoms with Gasteiger partial charge >= 0.3 is 0 Å². The van der Waals surface area contributed by atoms with Gasteiger partial charge in [0.2, 0.25) is 5.91 Å². The summed E-state index contributed by atoms with van der Waals surface area (Å²) in [5, 5.41) is 8.75. The molecule has 1 amide bonds. The van der Waals surface area contributed by atoms with Crippen molar-refractivity contribution >= 4 is 22.6 Å². The Labute approximate surface area is 183 Å². The second-order valence-electron chi connectivity index (χ2n) is 8.82. The van der Waals surface area contributed by atoms with Gasteiger partial charge in [0, 0.05) is 41.4 Å². The van der Waals surface area contributed by atoms with E-state index >= 15 is 0 Å². The number of pyridine rings is 1. The first-order chi connectivity index (χ1) is 14.5. The number of aryl methyl sites for hydroxylation is 3. The van der Waals surface area contributed by atoms with Crippen molar-refractivity contribution in [1.29, 1.82) is 0 Å². The summed E-state index contributed by atoms with van der Waals surface area (Å²) in [4.78, 5) is 17.5. The van der Waals surface area contributed by atoms with Crippen LogP contribution in [-0.2, 0) is 16.8 Å². The second kappa shape index (κ2) is 8.57. The molecule has 0 fully saturated rings. The lowest BCUT2D eigenvalue weighted by atomic mass is 9.99. The van der Waals surface area contributed by atoms with Gasteiger partial charge in [0.25, 0.3) is 0 Å². The van der Waals surface area contributed by atoms with Gasteiger partial charge in [-0.3, -0.25) is 4.79 Å². The van der Waals surface area contributed by atoms with E-state index in [1.807, 2.05) is 18.5 Å². The molecule has 166 valence electrons. The Morgan fingerprint density at radius 1 is 1.03 bits per heavy atom. The second-order valence-corrected chi connectivity index (χ2v) is 8.82. The van der Waals surface area contributed by atoms with Crippen LogP contribution in [0.1, 0.15) is 49.7 Å². The Morgan fingerprint density at radius 2 is 1.65 bits per heavy atom. The van der Waals surface area contributed by atoms with Crippen molar-refractivity contribution in [2.45, 2.75) is 59.9 Å². The normalized spacial score (nSPS) is 11.6. The molecule has 3 aromatic rings. The quantitative estimate of drug-likeness (QED) is 0.621. The summed E-state index contributed by atoms with van der Waals surface area (Å²) in [5.41, 5.74) is 5.53. The molecule has 1 aromatic carbocycles. The van der Waals surface area contributed by atoms with E-state index in [0.717, 1.165) is 33.5 Å². The van der Waals surface area contributed by atoms with Crippen molar-refractivity contribution in [3.05, 3.63) is 40.7 Å². The predicted molar refractivity (Wildman–Crippen MR) is 123 cm³/mol. The molecule has 31 heavy (non-hydrogen) atoms. The summed E-state index contributed by atoms with van der Waals surface area (Å²) in [6, 6.07) is 5.31. The van der Waals surface area contributed by atoms with Crippen LogP contribution in [0.5, 0.6) is 11.5 Å². The average molecular weight is 425 g/mol. The zero-order valence-corrected chi connectivity index (χ0v) is 19.7. The first-order valence-electron chi connectivity index (χ1n) is 10.4. The number of carbonyl (C=O) groups is 1. The van der Waals surface area contributed by atoms with Gasteiger partial charge in [-0.2, -0.15) is 5.10 Å². The van der Waals surface area contributed by atoms with Gasteiger partial charge < -0.3 is 14.8 Å². The van der Waals surface area contributed by atoms with E-state index in [4.69, 9.17) is 19.6 Å². The predicted octanol–water partition coefficient (Wildman–Crippen LogP) is 4.70. The molecule has 0 aliphatic carbocycles. The van der Waals surface area contributed by atoms with Crippen LogP contribution < -0.4 is 14.8 Å². The van der Waals surface area contributed by atoms with Crippen LogP contribution in [-0.4, -0.2) is 34.9 Å². The van der Waals surface area contributed by atoms with Gasteiger partial charge in [-0.25, -0.2) is 9.67 Å². The largest absolute Gasteiger partial charge is 0.497 e. The van der Waals surface area contributed by atoms with Gasteiger partial charge in [-0.05, 0) is 59.1 Å². The smallest absolute Gasteiger partial charge is 0.224 e. The van der Waals surface area contributed by atoms with Crippen LogP contribution in [0.3, 0.4) is 0 Å². The zero-order chi connectivity index (χ0) is 22.9. The summed E-state index contributed by atoms with van der Waals surface area (Å²) in [5.74, 6) is 1.18. The third-order valence-corrected chi connectivity index (χ3v) is 5.45. The topological polar surface area (TPSA) is 78.3 Å². The number of anilines is 1. The maximum atomic E-state index is 12.6. The monoisotopic (exact) mass is 424 g/mol. The summed E-state index contributed by atoms with van der Waals surface area (Å²) in [6.45, 7) is 12.5. The number of hydrogen-bond acceptors (Lipinski definition) is 5. The molecule has 7 nitrogen and oxygen atoms in total. The molecular formula is C24H32N4O3. The van der Waals surface area contributed by atoms with Crippen LogP contribution in [0, 0.1) is 20.8 Å². The maximum Gasteiger partial charge on any atom is 0.224 e. The third-order valence-electron chi connectivity index (χ3n) is 5.45. The highest BCUT2D eigenvalue weighted by molar-refractivity contribution is 5.91. The molecule has 2 heterocycles. The zero-order valence-electron chi connectivity index (χ0n) is 19.7. The lowest BCUT2D eigenvalue weighted by molar-refractivity contribution is -0.116. The fourth-order valence-electron chi connectivity index (χ4n) is 3.88. The van der Waals surface area contributed by atoms with E-state index in [1.54, 1.807) is 32.4 Å². The fraction of sp³-hybridized carbons (Fsp3) is 0.458. The number of carbonyl (C=O) groups excluding carboxylic acids is 1. The Hall–Kier alpha value is -3.09. The summed E-state index contributed by atoms with van der Waals surface area (Å²) in [7, 11) is 3.16. The molecule has 0 aliphatic heterocycles. The standard InChI is InChI=1S/C24H32N4O3/c1-14-20(15(2)25-23-22(14)16(3)27-28(23)24(4,5)6)9-10-21(29)26-17-11-18(30-7)13-19(12-17)31-8/h11-13H,9-10H2,1-8H3,(H,26,29). The SMILES string of the molecule is COc1cc(NC(=O)CCc2c(C)nc3c(c(C)nn3C(C)(C)C)c2C)cc(OC)c1. The van der Waals surface area contributed by atoms with Gasteiger partial charge in [-0.15, -0.1) is 0 Å². The molecule has 0 radical (unpaired) electrons. The molecule has 0 saturated heterocycles. The molecule has 0 aliphatic rings. The van der Waals surface area contributed by atoms with E-state index < -0.39 is 0 Å². The Morgan fingerprint density at radius 3 is 2.19 bits per heavy atom. The number of methoxy groups -OCH3 is 2. The van der Waals surface area contributed by atoms with E-state index in [1.165, 1.54) is 0 Å². The van der Waals surface area contributed by atoms with Crippen molar-refractivity contribution in [3.8, 4) is 11.5 Å². The highest BCUT2D eigenvalue weighted by Crippen LogP contribution is 2.30. The highest BCUT2D eigenvalue weighted by Gasteiger charge is 2.23. The minimum absolute atomic E-state index is 0.0729. The van der Waals surface area contributed by atoms with Crippen LogP contribution in [0.4, 0.5) is 5.69 Å². The van der Waals surface area contributed by atoms with E-state index in [9.17, 15) is 4.79 Å². The summed E-state index contributed by atoms with van der Waals surface area (Å²) in [6.07, 6.45) is 0.953. The molecule has 0 unspecified atom stereocenters. The molecule has 0 saturated carbocycles. The number of ether oxygens (including phenoxy) is 2. The van der Waals surface area contributed by atoms with E-state index in [-0.39, 0.29) is 11.4 Å². The van der Waals surface area contributed by atoms with Crippen molar-refractivity contribution in [1.82, 2.24) is 14.8 Å². The fourth-order valence-corrected chi connectivity index (χ4v) is 3.88. The van der Waals surface area contributed by atoms with Crippen LogP contribution in [0.25, 0.3) is 11.0 Å². The molecule has 0 spiro atoms.